The molecule has 4 nitrogen and oxygen atoms in total. The molecule has 1 fully saturated rings. The Balaban J connectivity index is 1.82. The van der Waals surface area contributed by atoms with Crippen LogP contribution in [0.5, 0.6) is 5.75 Å². The molecule has 1 aromatic heterocycles. The highest BCUT2D eigenvalue weighted by atomic mass is 16.5. The van der Waals surface area contributed by atoms with E-state index in [4.69, 9.17) is 9.72 Å². The summed E-state index contributed by atoms with van der Waals surface area (Å²) < 4.78 is 5.57. The first-order chi connectivity index (χ1) is 10.6. The van der Waals surface area contributed by atoms with Crippen molar-refractivity contribution < 1.29 is 4.74 Å². The van der Waals surface area contributed by atoms with Crippen LogP contribution < -0.4 is 4.74 Å². The molecule has 0 aliphatic carbocycles. The first-order valence-corrected chi connectivity index (χ1v) is 8.43. The number of H-pyrrole nitrogens is 1. The molecule has 120 valence electrons. The Bertz CT molecular complexity index is 626. The van der Waals surface area contributed by atoms with Gasteiger partial charge in [0, 0.05) is 19.2 Å². The van der Waals surface area contributed by atoms with Crippen molar-refractivity contribution in [2.75, 3.05) is 19.7 Å². The molecule has 2 heterocycles. The summed E-state index contributed by atoms with van der Waals surface area (Å²) in [4.78, 5) is 10.8. The Labute approximate surface area is 132 Å². The topological polar surface area (TPSA) is 41.1 Å². The van der Waals surface area contributed by atoms with E-state index in [1.165, 1.54) is 6.42 Å². The van der Waals surface area contributed by atoms with E-state index in [9.17, 15) is 0 Å². The van der Waals surface area contributed by atoms with Gasteiger partial charge in [-0.15, -0.1) is 0 Å². The maximum Gasteiger partial charge on any atom is 0.124 e. The molecule has 0 spiro atoms. The molecule has 4 heteroatoms. The number of aromatic amines is 1. The molecule has 1 aromatic carbocycles. The lowest BCUT2D eigenvalue weighted by Crippen LogP contribution is -2.40. The molecule has 3 rings (SSSR count). The van der Waals surface area contributed by atoms with Gasteiger partial charge >= 0.3 is 0 Å². The highest BCUT2D eigenvalue weighted by Gasteiger charge is 2.27. The van der Waals surface area contributed by atoms with E-state index < -0.39 is 0 Å². The predicted molar refractivity (Wildman–Crippen MR) is 90.2 cm³/mol. The standard InChI is InChI=1S/C18H27N3O/c1-5-22-15-6-7-16-17(9-15)20-18(19-16)14(4)21-10-12(2)8-13(3)11-21/h6-7,9,12-14H,5,8,10-11H2,1-4H3,(H,19,20). The van der Waals surface area contributed by atoms with Crippen molar-refractivity contribution in [2.45, 2.75) is 40.2 Å². The summed E-state index contributed by atoms with van der Waals surface area (Å²) in [6.07, 6.45) is 1.33. The quantitative estimate of drug-likeness (QED) is 0.928. The smallest absolute Gasteiger partial charge is 0.124 e. The van der Waals surface area contributed by atoms with Crippen molar-refractivity contribution in [3.63, 3.8) is 0 Å². The molecule has 3 atom stereocenters. The number of likely N-dealkylation sites (tertiary alicyclic amines) is 1. The number of aromatic nitrogens is 2. The zero-order valence-electron chi connectivity index (χ0n) is 14.1. The lowest BCUT2D eigenvalue weighted by Gasteiger charge is -2.38. The fraction of sp³-hybridized carbons (Fsp3) is 0.611. The average Bonchev–Trinajstić information content (AvgIpc) is 2.89. The lowest BCUT2D eigenvalue weighted by atomic mass is 9.91. The Morgan fingerprint density at radius 1 is 1.32 bits per heavy atom. The Hall–Kier alpha value is -1.55. The lowest BCUT2D eigenvalue weighted by molar-refractivity contribution is 0.0997. The first kappa shape index (κ1) is 15.3. The molecular weight excluding hydrogens is 274 g/mol. The zero-order chi connectivity index (χ0) is 15.7. The number of nitrogens with zero attached hydrogens (tertiary/aromatic N) is 2. The summed E-state index contributed by atoms with van der Waals surface area (Å²) in [6.45, 7) is 12.0. The van der Waals surface area contributed by atoms with E-state index >= 15 is 0 Å². The van der Waals surface area contributed by atoms with Crippen LogP contribution >= 0.6 is 0 Å². The van der Waals surface area contributed by atoms with Crippen LogP contribution in [0, 0.1) is 11.8 Å². The van der Waals surface area contributed by atoms with Gasteiger partial charge in [-0.05, 0) is 44.2 Å². The Morgan fingerprint density at radius 3 is 2.73 bits per heavy atom. The van der Waals surface area contributed by atoms with Gasteiger partial charge in [0.25, 0.3) is 0 Å². The molecule has 1 aliphatic heterocycles. The highest BCUT2D eigenvalue weighted by molar-refractivity contribution is 5.76. The highest BCUT2D eigenvalue weighted by Crippen LogP contribution is 2.29. The van der Waals surface area contributed by atoms with Crippen molar-refractivity contribution in [1.29, 1.82) is 0 Å². The van der Waals surface area contributed by atoms with Gasteiger partial charge in [0.05, 0.1) is 23.7 Å². The number of fused-ring (bicyclic) bond motifs is 1. The molecule has 0 amide bonds. The fourth-order valence-electron chi connectivity index (χ4n) is 3.66. The third kappa shape index (κ3) is 3.12. The van der Waals surface area contributed by atoms with Crippen LogP contribution in [0.4, 0.5) is 0 Å². The number of benzene rings is 1. The summed E-state index contributed by atoms with van der Waals surface area (Å²) in [6, 6.07) is 6.40. The third-order valence-corrected chi connectivity index (χ3v) is 4.62. The van der Waals surface area contributed by atoms with E-state index in [-0.39, 0.29) is 0 Å². The summed E-state index contributed by atoms with van der Waals surface area (Å²) in [5.41, 5.74) is 2.08. The van der Waals surface area contributed by atoms with Gasteiger partial charge in [-0.1, -0.05) is 13.8 Å². The Kier molecular flexibility index (Phi) is 4.39. The minimum Gasteiger partial charge on any atom is -0.494 e. The molecule has 0 radical (unpaired) electrons. The minimum absolute atomic E-state index is 0.327. The molecule has 3 unspecified atom stereocenters. The second-order valence-electron chi connectivity index (χ2n) is 6.81. The molecule has 1 saturated heterocycles. The second-order valence-corrected chi connectivity index (χ2v) is 6.81. The number of nitrogens with one attached hydrogen (secondary N) is 1. The van der Waals surface area contributed by atoms with Crippen LogP contribution in [-0.4, -0.2) is 34.6 Å². The normalized spacial score (nSPS) is 24.5. The first-order valence-electron chi connectivity index (χ1n) is 8.43. The summed E-state index contributed by atoms with van der Waals surface area (Å²) >= 11 is 0. The minimum atomic E-state index is 0.327. The van der Waals surface area contributed by atoms with E-state index in [0.29, 0.717) is 12.6 Å². The second kappa shape index (κ2) is 6.29. The van der Waals surface area contributed by atoms with Crippen LogP contribution in [0.25, 0.3) is 11.0 Å². The Morgan fingerprint density at radius 2 is 2.05 bits per heavy atom. The van der Waals surface area contributed by atoms with Gasteiger partial charge in [-0.3, -0.25) is 4.90 Å². The summed E-state index contributed by atoms with van der Waals surface area (Å²) in [5, 5.41) is 0. The van der Waals surface area contributed by atoms with Crippen LogP contribution in [0.1, 0.15) is 46.0 Å². The van der Waals surface area contributed by atoms with Crippen LogP contribution in [0.2, 0.25) is 0 Å². The largest absolute Gasteiger partial charge is 0.494 e. The molecule has 0 saturated carbocycles. The number of imidazole rings is 1. The SMILES string of the molecule is CCOc1ccc2nc(C(C)N3CC(C)CC(C)C3)[nH]c2c1. The van der Waals surface area contributed by atoms with Gasteiger partial charge in [0.15, 0.2) is 0 Å². The number of rotatable bonds is 4. The number of ether oxygens (including phenoxy) is 1. The molecule has 2 aromatic rings. The zero-order valence-corrected chi connectivity index (χ0v) is 14.1. The molecular formula is C18H27N3O. The van der Waals surface area contributed by atoms with Crippen molar-refractivity contribution in [3.05, 3.63) is 24.0 Å². The number of hydrogen-bond donors (Lipinski definition) is 1. The van der Waals surface area contributed by atoms with Gasteiger partial charge < -0.3 is 9.72 Å². The number of piperidine rings is 1. The van der Waals surface area contributed by atoms with E-state index in [0.717, 1.165) is 47.5 Å². The van der Waals surface area contributed by atoms with E-state index in [1.807, 2.05) is 25.1 Å². The molecule has 1 N–H and O–H groups in total. The van der Waals surface area contributed by atoms with Gasteiger partial charge in [-0.2, -0.15) is 0 Å². The third-order valence-electron chi connectivity index (χ3n) is 4.62. The van der Waals surface area contributed by atoms with Gasteiger partial charge in [-0.25, -0.2) is 4.98 Å². The molecule has 0 bridgehead atoms. The molecule has 22 heavy (non-hydrogen) atoms. The van der Waals surface area contributed by atoms with Crippen molar-refractivity contribution in [1.82, 2.24) is 14.9 Å². The van der Waals surface area contributed by atoms with Crippen molar-refractivity contribution >= 4 is 11.0 Å². The molecule has 1 aliphatic rings. The van der Waals surface area contributed by atoms with Crippen molar-refractivity contribution in [2.24, 2.45) is 11.8 Å². The van der Waals surface area contributed by atoms with E-state index in [1.54, 1.807) is 0 Å². The monoisotopic (exact) mass is 301 g/mol. The predicted octanol–water partition coefficient (Wildman–Crippen LogP) is 4.00. The van der Waals surface area contributed by atoms with Crippen LogP contribution in [0.15, 0.2) is 18.2 Å². The fourth-order valence-corrected chi connectivity index (χ4v) is 3.66. The average molecular weight is 301 g/mol. The van der Waals surface area contributed by atoms with Crippen LogP contribution in [0.3, 0.4) is 0 Å². The maximum atomic E-state index is 5.57. The van der Waals surface area contributed by atoms with Crippen LogP contribution in [-0.2, 0) is 0 Å². The number of hydrogen-bond acceptors (Lipinski definition) is 3. The summed E-state index contributed by atoms with van der Waals surface area (Å²) in [7, 11) is 0. The van der Waals surface area contributed by atoms with Gasteiger partial charge in [0.2, 0.25) is 0 Å². The van der Waals surface area contributed by atoms with Crippen molar-refractivity contribution in [3.8, 4) is 5.75 Å². The van der Waals surface area contributed by atoms with Gasteiger partial charge in [0.1, 0.15) is 11.6 Å². The summed E-state index contributed by atoms with van der Waals surface area (Å²) in [5.74, 6) is 3.49. The maximum absolute atomic E-state index is 5.57. The van der Waals surface area contributed by atoms with E-state index in [2.05, 4.69) is 30.7 Å².